The Bertz CT molecular complexity index is 474. The number of esters is 1. The minimum absolute atomic E-state index is 0.000197. The van der Waals surface area contributed by atoms with E-state index in [-0.39, 0.29) is 17.9 Å². The van der Waals surface area contributed by atoms with E-state index < -0.39 is 5.97 Å². The van der Waals surface area contributed by atoms with Gasteiger partial charge in [0.25, 0.3) is 0 Å². The maximum absolute atomic E-state index is 12.2. The van der Waals surface area contributed by atoms with Crippen molar-refractivity contribution in [3.63, 3.8) is 0 Å². The molecule has 0 aliphatic carbocycles. The van der Waals surface area contributed by atoms with Crippen molar-refractivity contribution in [2.24, 2.45) is 5.92 Å². The number of nitrogens with one attached hydrogen (secondary N) is 2. The Labute approximate surface area is 115 Å². The Hall–Kier alpha value is -1.44. The number of methoxy groups -OCH3 is 1. The zero-order chi connectivity index (χ0) is 13.8. The van der Waals surface area contributed by atoms with Crippen molar-refractivity contribution in [2.45, 2.75) is 6.04 Å². The molecule has 0 saturated carbocycles. The van der Waals surface area contributed by atoms with Gasteiger partial charge in [-0.1, -0.05) is 0 Å². The van der Waals surface area contributed by atoms with E-state index in [0.717, 1.165) is 0 Å². The van der Waals surface area contributed by atoms with Gasteiger partial charge >= 0.3 is 5.97 Å². The first-order valence-corrected chi connectivity index (χ1v) is 6.77. The second-order valence-corrected chi connectivity index (χ2v) is 5.10. The average Bonchev–Trinajstić information content (AvgIpc) is 3.05. The first kappa shape index (κ1) is 14.0. The standard InChI is InChI=1S/C12H16N2O4S/c1-13-9-6-18-5-7(9)11(15)14-8-3-4-19-10(8)12(16)17-2/h3-4,7,9,13H,5-6H2,1-2H3,(H,14,15). The van der Waals surface area contributed by atoms with E-state index in [1.54, 1.807) is 18.5 Å². The fourth-order valence-electron chi connectivity index (χ4n) is 1.98. The summed E-state index contributed by atoms with van der Waals surface area (Å²) in [4.78, 5) is 24.1. The van der Waals surface area contributed by atoms with Crippen molar-refractivity contribution in [1.29, 1.82) is 0 Å². The van der Waals surface area contributed by atoms with E-state index in [1.165, 1.54) is 18.4 Å². The minimum atomic E-state index is -0.446. The van der Waals surface area contributed by atoms with Crippen LogP contribution in [0.3, 0.4) is 0 Å². The van der Waals surface area contributed by atoms with Crippen molar-refractivity contribution >= 4 is 28.9 Å². The zero-order valence-corrected chi connectivity index (χ0v) is 11.6. The monoisotopic (exact) mass is 284 g/mol. The highest BCUT2D eigenvalue weighted by molar-refractivity contribution is 7.12. The summed E-state index contributed by atoms with van der Waals surface area (Å²) >= 11 is 1.24. The van der Waals surface area contributed by atoms with E-state index in [9.17, 15) is 9.59 Å². The lowest BCUT2D eigenvalue weighted by Gasteiger charge is -2.16. The van der Waals surface area contributed by atoms with Crippen molar-refractivity contribution in [2.75, 3.05) is 32.7 Å². The Morgan fingerprint density at radius 2 is 2.26 bits per heavy atom. The highest BCUT2D eigenvalue weighted by Crippen LogP contribution is 2.24. The summed E-state index contributed by atoms with van der Waals surface area (Å²) in [6, 6.07) is 1.69. The molecule has 19 heavy (non-hydrogen) atoms. The molecular weight excluding hydrogens is 268 g/mol. The van der Waals surface area contributed by atoms with Crippen LogP contribution in [-0.2, 0) is 14.3 Å². The SMILES string of the molecule is CNC1COCC1C(=O)Nc1ccsc1C(=O)OC. The molecule has 6 nitrogen and oxygen atoms in total. The minimum Gasteiger partial charge on any atom is -0.465 e. The number of ether oxygens (including phenoxy) is 2. The largest absolute Gasteiger partial charge is 0.465 e. The molecule has 2 rings (SSSR count). The number of carbonyl (C=O) groups is 2. The lowest BCUT2D eigenvalue weighted by Crippen LogP contribution is -2.39. The lowest BCUT2D eigenvalue weighted by atomic mass is 10.0. The van der Waals surface area contributed by atoms with Gasteiger partial charge in [0.05, 0.1) is 31.9 Å². The van der Waals surface area contributed by atoms with Crippen LogP contribution in [0.1, 0.15) is 9.67 Å². The fourth-order valence-corrected chi connectivity index (χ4v) is 2.75. The molecule has 0 spiro atoms. The Morgan fingerprint density at radius 1 is 1.47 bits per heavy atom. The van der Waals surface area contributed by atoms with E-state index in [1.807, 2.05) is 0 Å². The van der Waals surface area contributed by atoms with Gasteiger partial charge in [-0.25, -0.2) is 4.79 Å². The summed E-state index contributed by atoms with van der Waals surface area (Å²) in [5.41, 5.74) is 0.489. The molecule has 2 N–H and O–H groups in total. The predicted octanol–water partition coefficient (Wildman–Crippen LogP) is 0.708. The highest BCUT2D eigenvalue weighted by Gasteiger charge is 2.33. The van der Waals surface area contributed by atoms with Crippen LogP contribution in [0, 0.1) is 5.92 Å². The summed E-state index contributed by atoms with van der Waals surface area (Å²) in [6.07, 6.45) is 0. The van der Waals surface area contributed by atoms with Crippen LogP contribution in [-0.4, -0.2) is 45.3 Å². The van der Waals surface area contributed by atoms with Gasteiger partial charge in [-0.05, 0) is 18.5 Å². The molecular formula is C12H16N2O4S. The first-order chi connectivity index (χ1) is 9.17. The first-order valence-electron chi connectivity index (χ1n) is 5.89. The van der Waals surface area contributed by atoms with Crippen molar-refractivity contribution in [1.82, 2.24) is 5.32 Å². The van der Waals surface area contributed by atoms with Gasteiger partial charge in [0.2, 0.25) is 5.91 Å². The topological polar surface area (TPSA) is 76.7 Å². The van der Waals surface area contributed by atoms with Crippen LogP contribution in [0.25, 0.3) is 0 Å². The van der Waals surface area contributed by atoms with E-state index in [0.29, 0.717) is 23.8 Å². The molecule has 1 aromatic heterocycles. The van der Waals surface area contributed by atoms with Gasteiger partial charge in [-0.15, -0.1) is 11.3 Å². The molecule has 2 unspecified atom stereocenters. The Balaban J connectivity index is 2.07. The Kier molecular flexibility index (Phi) is 4.52. The number of hydrogen-bond acceptors (Lipinski definition) is 6. The number of anilines is 1. The number of likely N-dealkylation sites (N-methyl/N-ethyl adjacent to an activating group) is 1. The summed E-state index contributed by atoms with van der Waals surface area (Å²) in [7, 11) is 3.11. The molecule has 0 aromatic carbocycles. The maximum Gasteiger partial charge on any atom is 0.350 e. The van der Waals surface area contributed by atoms with E-state index >= 15 is 0 Å². The van der Waals surface area contributed by atoms with E-state index in [2.05, 4.69) is 15.4 Å². The zero-order valence-electron chi connectivity index (χ0n) is 10.8. The van der Waals surface area contributed by atoms with Crippen LogP contribution in [0.5, 0.6) is 0 Å². The average molecular weight is 284 g/mol. The predicted molar refractivity (Wildman–Crippen MR) is 71.4 cm³/mol. The number of rotatable bonds is 4. The van der Waals surface area contributed by atoms with Crippen LogP contribution in [0.2, 0.25) is 0 Å². The summed E-state index contributed by atoms with van der Waals surface area (Å²) in [6.45, 7) is 0.900. The maximum atomic E-state index is 12.2. The number of thiophene rings is 1. The number of hydrogen-bond donors (Lipinski definition) is 2. The van der Waals surface area contributed by atoms with Crippen molar-refractivity contribution in [3.05, 3.63) is 16.3 Å². The summed E-state index contributed by atoms with van der Waals surface area (Å²) in [5, 5.41) is 7.55. The third kappa shape index (κ3) is 2.94. The van der Waals surface area contributed by atoms with Crippen LogP contribution >= 0.6 is 11.3 Å². The number of amides is 1. The molecule has 1 fully saturated rings. The van der Waals surface area contributed by atoms with Crippen molar-refractivity contribution < 1.29 is 19.1 Å². The fraction of sp³-hybridized carbons (Fsp3) is 0.500. The third-order valence-electron chi connectivity index (χ3n) is 3.08. The molecule has 2 atom stereocenters. The third-order valence-corrected chi connectivity index (χ3v) is 3.98. The highest BCUT2D eigenvalue weighted by atomic mass is 32.1. The molecule has 1 saturated heterocycles. The molecule has 0 bridgehead atoms. The summed E-state index contributed by atoms with van der Waals surface area (Å²) < 4.78 is 9.96. The molecule has 1 aliphatic heterocycles. The second kappa shape index (κ2) is 6.14. The summed E-state index contributed by atoms with van der Waals surface area (Å²) in [5.74, 6) is -0.853. The van der Waals surface area contributed by atoms with Gasteiger partial charge in [0, 0.05) is 6.04 Å². The smallest absolute Gasteiger partial charge is 0.350 e. The normalized spacial score (nSPS) is 22.2. The molecule has 2 heterocycles. The second-order valence-electron chi connectivity index (χ2n) is 4.18. The van der Waals surface area contributed by atoms with Gasteiger partial charge < -0.3 is 20.1 Å². The van der Waals surface area contributed by atoms with E-state index in [4.69, 9.17) is 4.74 Å². The van der Waals surface area contributed by atoms with Crippen LogP contribution < -0.4 is 10.6 Å². The number of carbonyl (C=O) groups excluding carboxylic acids is 2. The molecule has 1 aromatic rings. The molecule has 7 heteroatoms. The van der Waals surface area contributed by atoms with Crippen LogP contribution in [0.15, 0.2) is 11.4 Å². The van der Waals surface area contributed by atoms with Crippen molar-refractivity contribution in [3.8, 4) is 0 Å². The lowest BCUT2D eigenvalue weighted by molar-refractivity contribution is -0.120. The molecule has 104 valence electrons. The molecule has 1 amide bonds. The van der Waals surface area contributed by atoms with Gasteiger partial charge in [-0.2, -0.15) is 0 Å². The molecule has 1 aliphatic rings. The van der Waals surface area contributed by atoms with Gasteiger partial charge in [0.1, 0.15) is 4.88 Å². The Morgan fingerprint density at radius 3 is 2.95 bits per heavy atom. The quantitative estimate of drug-likeness (QED) is 0.796. The van der Waals surface area contributed by atoms with Gasteiger partial charge in [0.15, 0.2) is 0 Å². The van der Waals surface area contributed by atoms with Gasteiger partial charge in [-0.3, -0.25) is 4.79 Å². The van der Waals surface area contributed by atoms with Crippen LogP contribution in [0.4, 0.5) is 5.69 Å². The molecule has 0 radical (unpaired) electrons.